The third kappa shape index (κ3) is 5.46. The Bertz CT molecular complexity index is 1210. The van der Waals surface area contributed by atoms with E-state index in [0.717, 1.165) is 30.0 Å². The standard InChI is InChI=1S/C17H13F3N6O3S2/c1-30-16-23-13(10-6-8-21-9-7-10)22-14(25-16)24-15(27)26-31(28,29)12-5-3-2-4-11(12)17(18,19)20/h2-9H,1H3,(H2,22,23,24,25,26,27). The maximum atomic E-state index is 13.1. The first kappa shape index (κ1) is 22.4. The molecule has 0 aliphatic rings. The lowest BCUT2D eigenvalue weighted by molar-refractivity contribution is -0.139. The normalized spacial score (nSPS) is 11.7. The number of alkyl halides is 3. The molecule has 14 heteroatoms. The summed E-state index contributed by atoms with van der Waals surface area (Å²) < 4.78 is 65.7. The molecule has 31 heavy (non-hydrogen) atoms. The van der Waals surface area contributed by atoms with Crippen LogP contribution in [0.5, 0.6) is 0 Å². The van der Waals surface area contributed by atoms with Gasteiger partial charge in [0, 0.05) is 18.0 Å². The number of nitrogens with one attached hydrogen (secondary N) is 2. The summed E-state index contributed by atoms with van der Waals surface area (Å²) in [6.07, 6.45) is -0.249. The van der Waals surface area contributed by atoms with Crippen molar-refractivity contribution in [1.29, 1.82) is 0 Å². The van der Waals surface area contributed by atoms with E-state index < -0.39 is 32.7 Å². The van der Waals surface area contributed by atoms with Gasteiger partial charge in [-0.05, 0) is 30.5 Å². The van der Waals surface area contributed by atoms with E-state index in [0.29, 0.717) is 11.6 Å². The molecule has 2 heterocycles. The lowest BCUT2D eigenvalue weighted by Gasteiger charge is -2.14. The van der Waals surface area contributed by atoms with Crippen molar-refractivity contribution < 1.29 is 26.4 Å². The number of carbonyl (C=O) groups is 1. The lowest BCUT2D eigenvalue weighted by atomic mass is 10.2. The van der Waals surface area contributed by atoms with Gasteiger partial charge in [-0.15, -0.1) is 0 Å². The first-order valence-electron chi connectivity index (χ1n) is 8.30. The van der Waals surface area contributed by atoms with Crippen molar-refractivity contribution in [3.05, 3.63) is 54.4 Å². The van der Waals surface area contributed by atoms with E-state index in [1.165, 1.54) is 17.1 Å². The molecule has 0 unspecified atom stereocenters. The van der Waals surface area contributed by atoms with E-state index in [1.807, 2.05) is 0 Å². The average Bonchev–Trinajstić information content (AvgIpc) is 2.73. The SMILES string of the molecule is CSc1nc(NC(=O)NS(=O)(=O)c2ccccc2C(F)(F)F)nc(-c2ccncc2)n1. The number of hydrogen-bond acceptors (Lipinski definition) is 8. The van der Waals surface area contributed by atoms with Crippen molar-refractivity contribution in [3.8, 4) is 11.4 Å². The summed E-state index contributed by atoms with van der Waals surface area (Å²) in [4.78, 5) is 27.2. The maximum Gasteiger partial charge on any atom is 0.417 e. The van der Waals surface area contributed by atoms with Gasteiger partial charge in [0.25, 0.3) is 10.0 Å². The molecule has 0 aliphatic heterocycles. The van der Waals surface area contributed by atoms with E-state index in [9.17, 15) is 26.4 Å². The molecular weight excluding hydrogens is 457 g/mol. The third-order valence-corrected chi connectivity index (χ3v) is 5.61. The number of carbonyl (C=O) groups excluding carboxylic acids is 1. The van der Waals surface area contributed by atoms with Crippen LogP contribution in [0.4, 0.5) is 23.9 Å². The molecule has 0 saturated heterocycles. The van der Waals surface area contributed by atoms with Crippen LogP contribution in [0.1, 0.15) is 5.56 Å². The van der Waals surface area contributed by atoms with Crippen LogP contribution in [0, 0.1) is 0 Å². The van der Waals surface area contributed by atoms with Crippen LogP contribution in [0.3, 0.4) is 0 Å². The molecular formula is C17H13F3N6O3S2. The topological polar surface area (TPSA) is 127 Å². The van der Waals surface area contributed by atoms with Crippen LogP contribution < -0.4 is 10.0 Å². The molecule has 9 nitrogen and oxygen atoms in total. The summed E-state index contributed by atoms with van der Waals surface area (Å²) in [5, 5.41) is 2.33. The van der Waals surface area contributed by atoms with Crippen molar-refractivity contribution in [3.63, 3.8) is 0 Å². The molecule has 1 aromatic carbocycles. The molecule has 3 rings (SSSR count). The minimum absolute atomic E-state index is 0.183. The van der Waals surface area contributed by atoms with E-state index in [2.05, 4.69) is 25.3 Å². The monoisotopic (exact) mass is 470 g/mol. The van der Waals surface area contributed by atoms with E-state index in [-0.39, 0.29) is 16.9 Å². The second kappa shape index (κ2) is 8.85. The first-order valence-corrected chi connectivity index (χ1v) is 11.0. The Balaban J connectivity index is 1.86. The van der Waals surface area contributed by atoms with Gasteiger partial charge in [0.1, 0.15) is 0 Å². The number of nitrogens with zero attached hydrogens (tertiary/aromatic N) is 4. The number of amides is 2. The highest BCUT2D eigenvalue weighted by molar-refractivity contribution is 7.98. The van der Waals surface area contributed by atoms with E-state index >= 15 is 0 Å². The van der Waals surface area contributed by atoms with Gasteiger partial charge in [-0.25, -0.2) is 22.9 Å². The molecule has 0 atom stereocenters. The largest absolute Gasteiger partial charge is 0.417 e. The third-order valence-electron chi connectivity index (χ3n) is 3.67. The Hall–Kier alpha value is -3.26. The number of hydrogen-bond donors (Lipinski definition) is 2. The molecule has 162 valence electrons. The van der Waals surface area contributed by atoms with Gasteiger partial charge in [-0.2, -0.15) is 23.1 Å². The van der Waals surface area contributed by atoms with Crippen LogP contribution in [-0.2, 0) is 16.2 Å². The number of halogens is 3. The highest BCUT2D eigenvalue weighted by Crippen LogP contribution is 2.33. The summed E-state index contributed by atoms with van der Waals surface area (Å²) in [7, 11) is -4.84. The summed E-state index contributed by atoms with van der Waals surface area (Å²) >= 11 is 1.14. The minimum Gasteiger partial charge on any atom is -0.275 e. The van der Waals surface area contributed by atoms with Crippen molar-refractivity contribution in [1.82, 2.24) is 24.7 Å². The molecule has 0 radical (unpaired) electrons. The fraction of sp³-hybridized carbons (Fsp3) is 0.118. The molecule has 0 spiro atoms. The predicted octanol–water partition coefficient (Wildman–Crippen LogP) is 3.18. The lowest BCUT2D eigenvalue weighted by Crippen LogP contribution is -2.36. The molecule has 2 aromatic heterocycles. The number of benzene rings is 1. The van der Waals surface area contributed by atoms with Crippen LogP contribution >= 0.6 is 11.8 Å². The Morgan fingerprint density at radius 3 is 2.35 bits per heavy atom. The van der Waals surface area contributed by atoms with Gasteiger partial charge in [-0.3, -0.25) is 10.3 Å². The number of urea groups is 1. The van der Waals surface area contributed by atoms with Crippen molar-refractivity contribution >= 4 is 33.8 Å². The highest BCUT2D eigenvalue weighted by atomic mass is 32.2. The Morgan fingerprint density at radius 2 is 1.71 bits per heavy atom. The average molecular weight is 470 g/mol. The number of aromatic nitrogens is 4. The van der Waals surface area contributed by atoms with Crippen LogP contribution in [0.2, 0.25) is 0 Å². The molecule has 3 aromatic rings. The fourth-order valence-electron chi connectivity index (χ4n) is 2.37. The van der Waals surface area contributed by atoms with Crippen molar-refractivity contribution in [2.24, 2.45) is 0 Å². The molecule has 2 N–H and O–H groups in total. The van der Waals surface area contributed by atoms with Gasteiger partial charge in [0.2, 0.25) is 5.95 Å². The van der Waals surface area contributed by atoms with Gasteiger partial charge < -0.3 is 0 Å². The molecule has 0 saturated carbocycles. The molecule has 2 amide bonds. The van der Waals surface area contributed by atoms with E-state index in [4.69, 9.17) is 0 Å². The second-order valence-corrected chi connectivity index (χ2v) is 8.18. The predicted molar refractivity (Wildman–Crippen MR) is 106 cm³/mol. The van der Waals surface area contributed by atoms with Crippen molar-refractivity contribution in [2.45, 2.75) is 16.2 Å². The van der Waals surface area contributed by atoms with Gasteiger partial charge in [0.15, 0.2) is 11.0 Å². The van der Waals surface area contributed by atoms with Gasteiger partial charge >= 0.3 is 12.2 Å². The summed E-state index contributed by atoms with van der Waals surface area (Å²) in [5.74, 6) is -0.106. The maximum absolute atomic E-state index is 13.1. The smallest absolute Gasteiger partial charge is 0.275 e. The minimum atomic E-state index is -4.93. The second-order valence-electron chi connectivity index (χ2n) is 5.76. The summed E-state index contributed by atoms with van der Waals surface area (Å²) in [5.41, 5.74) is -0.844. The van der Waals surface area contributed by atoms with Crippen LogP contribution in [-0.4, -0.2) is 40.6 Å². The highest BCUT2D eigenvalue weighted by Gasteiger charge is 2.37. The molecule has 0 bridgehead atoms. The number of pyridine rings is 1. The van der Waals surface area contributed by atoms with E-state index in [1.54, 1.807) is 18.4 Å². The zero-order valence-electron chi connectivity index (χ0n) is 15.6. The number of sulfonamides is 1. The number of anilines is 1. The first-order chi connectivity index (χ1) is 14.6. The summed E-state index contributed by atoms with van der Waals surface area (Å²) in [6.45, 7) is 0. The quantitative estimate of drug-likeness (QED) is 0.545. The fourth-order valence-corrected chi connectivity index (χ4v) is 3.86. The van der Waals surface area contributed by atoms with Crippen molar-refractivity contribution in [2.75, 3.05) is 11.6 Å². The Morgan fingerprint density at radius 1 is 1.03 bits per heavy atom. The Kier molecular flexibility index (Phi) is 6.40. The summed E-state index contributed by atoms with van der Waals surface area (Å²) in [6, 6.07) is 5.38. The Labute approximate surface area is 178 Å². The molecule has 0 aliphatic carbocycles. The van der Waals surface area contributed by atoms with Crippen LogP contribution in [0.25, 0.3) is 11.4 Å². The van der Waals surface area contributed by atoms with Crippen LogP contribution in [0.15, 0.2) is 58.8 Å². The molecule has 0 fully saturated rings. The number of thioether (sulfide) groups is 1. The van der Waals surface area contributed by atoms with Gasteiger partial charge in [0.05, 0.1) is 10.5 Å². The number of rotatable bonds is 5. The van der Waals surface area contributed by atoms with Gasteiger partial charge in [-0.1, -0.05) is 23.9 Å². The zero-order valence-corrected chi connectivity index (χ0v) is 17.2. The zero-order chi connectivity index (χ0) is 22.6.